The Bertz CT molecular complexity index is 609. The second kappa shape index (κ2) is 6.52. The standard InChI is InChI=1S/C16H16N2O2/c1-2-7-16(20)18(12-13-8-5-6-11-17-13)14-9-3-4-10-15(14)19/h2-11,19H,12H2,1H3/b7-2+. The molecule has 0 radical (unpaired) electrons. The van der Waals surface area contributed by atoms with Crippen LogP contribution in [0.15, 0.2) is 60.8 Å². The molecule has 0 atom stereocenters. The predicted octanol–water partition coefficient (Wildman–Crippen LogP) is 2.90. The monoisotopic (exact) mass is 268 g/mol. The highest BCUT2D eigenvalue weighted by atomic mass is 16.3. The number of amides is 1. The topological polar surface area (TPSA) is 53.4 Å². The van der Waals surface area contributed by atoms with Crippen LogP contribution >= 0.6 is 0 Å². The van der Waals surface area contributed by atoms with Crippen molar-refractivity contribution in [1.29, 1.82) is 0 Å². The molecule has 0 aliphatic carbocycles. The van der Waals surface area contributed by atoms with Crippen molar-refractivity contribution in [3.63, 3.8) is 0 Å². The Balaban J connectivity index is 2.35. The van der Waals surface area contributed by atoms with Crippen LogP contribution in [-0.4, -0.2) is 16.0 Å². The number of pyridine rings is 1. The molecule has 1 N–H and O–H groups in total. The van der Waals surface area contributed by atoms with E-state index in [1.807, 2.05) is 18.2 Å². The number of anilines is 1. The van der Waals surface area contributed by atoms with Gasteiger partial charge in [-0.1, -0.05) is 24.3 Å². The molecule has 102 valence electrons. The first-order valence-corrected chi connectivity index (χ1v) is 6.34. The smallest absolute Gasteiger partial charge is 0.251 e. The Hall–Kier alpha value is -2.62. The van der Waals surface area contributed by atoms with Gasteiger partial charge in [-0.15, -0.1) is 0 Å². The lowest BCUT2D eigenvalue weighted by Gasteiger charge is -2.21. The highest BCUT2D eigenvalue weighted by Gasteiger charge is 2.17. The number of carbonyl (C=O) groups excluding carboxylic acids is 1. The maximum atomic E-state index is 12.2. The lowest BCUT2D eigenvalue weighted by molar-refractivity contribution is -0.114. The van der Waals surface area contributed by atoms with Gasteiger partial charge in [0.1, 0.15) is 5.75 Å². The van der Waals surface area contributed by atoms with E-state index in [0.717, 1.165) is 5.69 Å². The fourth-order valence-electron chi connectivity index (χ4n) is 1.86. The lowest BCUT2D eigenvalue weighted by Crippen LogP contribution is -2.29. The molecule has 0 saturated heterocycles. The van der Waals surface area contributed by atoms with Gasteiger partial charge in [0.15, 0.2) is 0 Å². The van der Waals surface area contributed by atoms with E-state index in [2.05, 4.69) is 4.98 Å². The first kappa shape index (κ1) is 13.8. The van der Waals surface area contributed by atoms with Gasteiger partial charge in [0, 0.05) is 6.20 Å². The molecule has 20 heavy (non-hydrogen) atoms. The van der Waals surface area contributed by atoms with Crippen molar-refractivity contribution in [3.05, 3.63) is 66.5 Å². The van der Waals surface area contributed by atoms with Crippen molar-refractivity contribution in [2.75, 3.05) is 4.90 Å². The summed E-state index contributed by atoms with van der Waals surface area (Å²) in [4.78, 5) is 17.9. The molecule has 4 heteroatoms. The highest BCUT2D eigenvalue weighted by molar-refractivity contribution is 6.02. The molecule has 1 aromatic carbocycles. The van der Waals surface area contributed by atoms with E-state index >= 15 is 0 Å². The number of phenolic OH excluding ortho intramolecular Hbond substituents is 1. The van der Waals surface area contributed by atoms with Gasteiger partial charge in [-0.25, -0.2) is 0 Å². The van der Waals surface area contributed by atoms with Crippen LogP contribution in [-0.2, 0) is 11.3 Å². The fraction of sp³-hybridized carbons (Fsp3) is 0.125. The van der Waals surface area contributed by atoms with Crippen molar-refractivity contribution in [2.24, 2.45) is 0 Å². The first-order valence-electron chi connectivity index (χ1n) is 6.34. The van der Waals surface area contributed by atoms with Crippen molar-refractivity contribution in [3.8, 4) is 5.75 Å². The maximum Gasteiger partial charge on any atom is 0.251 e. The number of hydrogen-bond donors (Lipinski definition) is 1. The van der Waals surface area contributed by atoms with E-state index in [1.54, 1.807) is 43.5 Å². The van der Waals surface area contributed by atoms with Crippen LogP contribution in [0.4, 0.5) is 5.69 Å². The van der Waals surface area contributed by atoms with Gasteiger partial charge in [-0.2, -0.15) is 0 Å². The summed E-state index contributed by atoms with van der Waals surface area (Å²) in [5, 5.41) is 9.94. The number of aromatic hydroxyl groups is 1. The van der Waals surface area contributed by atoms with Crippen LogP contribution in [0.5, 0.6) is 5.75 Å². The van der Waals surface area contributed by atoms with Crippen molar-refractivity contribution in [2.45, 2.75) is 13.5 Å². The third-order valence-corrected chi connectivity index (χ3v) is 2.79. The number of para-hydroxylation sites is 2. The molecule has 0 aliphatic rings. The highest BCUT2D eigenvalue weighted by Crippen LogP contribution is 2.27. The first-order chi connectivity index (χ1) is 9.72. The predicted molar refractivity (Wildman–Crippen MR) is 78.3 cm³/mol. The molecule has 2 rings (SSSR count). The zero-order valence-electron chi connectivity index (χ0n) is 11.2. The molecule has 2 aromatic rings. The molecule has 0 unspecified atom stereocenters. The van der Waals surface area contributed by atoms with E-state index in [0.29, 0.717) is 12.2 Å². The Labute approximate surface area is 118 Å². The molecule has 0 fully saturated rings. The van der Waals surface area contributed by atoms with Crippen LogP contribution in [0.1, 0.15) is 12.6 Å². The number of carbonyl (C=O) groups is 1. The number of nitrogens with zero attached hydrogens (tertiary/aromatic N) is 2. The average Bonchev–Trinajstić information content (AvgIpc) is 2.47. The summed E-state index contributed by atoms with van der Waals surface area (Å²) in [7, 11) is 0. The molecule has 0 bridgehead atoms. The summed E-state index contributed by atoms with van der Waals surface area (Å²) in [6.07, 6.45) is 4.82. The molecule has 4 nitrogen and oxygen atoms in total. The molecule has 0 aliphatic heterocycles. The van der Waals surface area contributed by atoms with Gasteiger partial charge in [0.05, 0.1) is 17.9 Å². The van der Waals surface area contributed by atoms with Crippen LogP contribution < -0.4 is 4.90 Å². The Kier molecular flexibility index (Phi) is 4.50. The minimum atomic E-state index is -0.195. The molecular formula is C16H16N2O2. The van der Waals surface area contributed by atoms with E-state index < -0.39 is 0 Å². The minimum Gasteiger partial charge on any atom is -0.506 e. The van der Waals surface area contributed by atoms with Crippen molar-refractivity contribution in [1.82, 2.24) is 4.98 Å². The van der Waals surface area contributed by atoms with E-state index in [9.17, 15) is 9.90 Å². The largest absolute Gasteiger partial charge is 0.506 e. The van der Waals surface area contributed by atoms with Gasteiger partial charge in [-0.05, 0) is 37.3 Å². The summed E-state index contributed by atoms with van der Waals surface area (Å²) in [6.45, 7) is 2.09. The normalized spacial score (nSPS) is 10.7. The molecule has 0 saturated carbocycles. The summed E-state index contributed by atoms with van der Waals surface area (Å²) in [6, 6.07) is 12.3. The van der Waals surface area contributed by atoms with E-state index in [1.165, 1.54) is 11.0 Å². The van der Waals surface area contributed by atoms with Crippen LogP contribution in [0, 0.1) is 0 Å². The summed E-state index contributed by atoms with van der Waals surface area (Å²) < 4.78 is 0. The second-order valence-electron chi connectivity index (χ2n) is 4.23. The summed E-state index contributed by atoms with van der Waals surface area (Å²) in [5.41, 5.74) is 1.23. The third-order valence-electron chi connectivity index (χ3n) is 2.79. The molecule has 1 amide bonds. The van der Waals surface area contributed by atoms with Crippen molar-refractivity contribution < 1.29 is 9.90 Å². The van der Waals surface area contributed by atoms with Crippen LogP contribution in [0.3, 0.4) is 0 Å². The van der Waals surface area contributed by atoms with E-state index in [4.69, 9.17) is 0 Å². The number of hydrogen-bond acceptors (Lipinski definition) is 3. The van der Waals surface area contributed by atoms with Gasteiger partial charge < -0.3 is 5.11 Å². The Morgan fingerprint density at radius 2 is 2.00 bits per heavy atom. The van der Waals surface area contributed by atoms with Crippen molar-refractivity contribution >= 4 is 11.6 Å². The van der Waals surface area contributed by atoms with Crippen LogP contribution in [0.25, 0.3) is 0 Å². The summed E-state index contributed by atoms with van der Waals surface area (Å²) >= 11 is 0. The zero-order valence-corrected chi connectivity index (χ0v) is 11.2. The van der Waals surface area contributed by atoms with Gasteiger partial charge in [0.2, 0.25) is 0 Å². The quantitative estimate of drug-likeness (QED) is 0.867. The summed E-state index contributed by atoms with van der Waals surface area (Å²) in [5.74, 6) is -0.124. The maximum absolute atomic E-state index is 12.2. The number of benzene rings is 1. The molecular weight excluding hydrogens is 252 g/mol. The number of rotatable bonds is 4. The van der Waals surface area contributed by atoms with Gasteiger partial charge in [-0.3, -0.25) is 14.7 Å². The Morgan fingerprint density at radius 3 is 2.65 bits per heavy atom. The fourth-order valence-corrected chi connectivity index (χ4v) is 1.86. The average molecular weight is 268 g/mol. The molecule has 1 heterocycles. The van der Waals surface area contributed by atoms with Crippen LogP contribution in [0.2, 0.25) is 0 Å². The van der Waals surface area contributed by atoms with Gasteiger partial charge in [0.25, 0.3) is 5.91 Å². The second-order valence-corrected chi connectivity index (χ2v) is 4.23. The minimum absolute atomic E-state index is 0.0706. The zero-order chi connectivity index (χ0) is 14.4. The lowest BCUT2D eigenvalue weighted by atomic mass is 10.2. The SMILES string of the molecule is C/C=C/C(=O)N(Cc1ccccn1)c1ccccc1O. The third kappa shape index (κ3) is 3.23. The number of aromatic nitrogens is 1. The number of allylic oxidation sites excluding steroid dienone is 1. The van der Waals surface area contributed by atoms with E-state index in [-0.39, 0.29) is 11.7 Å². The number of phenols is 1. The molecule has 1 aromatic heterocycles. The molecule has 0 spiro atoms. The Morgan fingerprint density at radius 1 is 1.25 bits per heavy atom. The van der Waals surface area contributed by atoms with Gasteiger partial charge >= 0.3 is 0 Å².